The summed E-state index contributed by atoms with van der Waals surface area (Å²) in [7, 11) is 0. The molecule has 0 aromatic heterocycles. The molecular formula is C13H17BrF3N. The zero-order valence-corrected chi connectivity index (χ0v) is 12.0. The fourth-order valence-electron chi connectivity index (χ4n) is 2.12. The second-order valence-corrected chi connectivity index (χ2v) is 5.25. The lowest BCUT2D eigenvalue weighted by molar-refractivity contribution is -0.138. The Kier molecular flexibility index (Phi) is 5.22. The van der Waals surface area contributed by atoms with E-state index in [9.17, 15) is 13.2 Å². The predicted molar refractivity (Wildman–Crippen MR) is 70.1 cm³/mol. The number of hydrogen-bond acceptors (Lipinski definition) is 1. The fraction of sp³-hybridized carbons (Fsp3) is 0.538. The minimum absolute atomic E-state index is 0.0623. The monoisotopic (exact) mass is 323 g/mol. The van der Waals surface area contributed by atoms with Crippen LogP contribution < -0.4 is 5.73 Å². The summed E-state index contributed by atoms with van der Waals surface area (Å²) in [5.41, 5.74) is 5.53. The van der Waals surface area contributed by atoms with Crippen LogP contribution in [-0.2, 0) is 6.18 Å². The molecule has 2 N–H and O–H groups in total. The normalized spacial score (nSPS) is 14.0. The van der Waals surface area contributed by atoms with Crippen molar-refractivity contribution in [2.75, 3.05) is 0 Å². The van der Waals surface area contributed by atoms with Gasteiger partial charge in [-0.05, 0) is 23.6 Å². The van der Waals surface area contributed by atoms with Crippen LogP contribution >= 0.6 is 15.9 Å². The van der Waals surface area contributed by atoms with Gasteiger partial charge in [-0.25, -0.2) is 0 Å². The van der Waals surface area contributed by atoms with Crippen molar-refractivity contribution in [2.45, 2.75) is 38.9 Å². The molecule has 5 heteroatoms. The van der Waals surface area contributed by atoms with Gasteiger partial charge >= 0.3 is 6.18 Å². The second-order valence-electron chi connectivity index (χ2n) is 4.33. The van der Waals surface area contributed by atoms with Crippen molar-refractivity contribution >= 4 is 15.9 Å². The Labute approximate surface area is 114 Å². The molecule has 0 saturated carbocycles. The Balaban J connectivity index is 3.23. The molecule has 18 heavy (non-hydrogen) atoms. The van der Waals surface area contributed by atoms with E-state index in [4.69, 9.17) is 5.73 Å². The van der Waals surface area contributed by atoms with E-state index in [1.165, 1.54) is 6.07 Å². The molecule has 0 heterocycles. The van der Waals surface area contributed by atoms with Crippen LogP contribution in [0.25, 0.3) is 0 Å². The van der Waals surface area contributed by atoms with Gasteiger partial charge in [0.25, 0.3) is 0 Å². The summed E-state index contributed by atoms with van der Waals surface area (Å²) in [4.78, 5) is 0. The molecule has 0 spiro atoms. The summed E-state index contributed by atoms with van der Waals surface area (Å²) in [6.07, 6.45) is -2.83. The molecule has 0 fully saturated rings. The summed E-state index contributed by atoms with van der Waals surface area (Å²) in [5, 5.41) is 0. The van der Waals surface area contributed by atoms with Gasteiger partial charge in [-0.15, -0.1) is 0 Å². The molecule has 0 bridgehead atoms. The lowest BCUT2D eigenvalue weighted by Crippen LogP contribution is -2.24. The molecular weight excluding hydrogens is 307 g/mol. The highest BCUT2D eigenvalue weighted by atomic mass is 79.9. The van der Waals surface area contributed by atoms with Gasteiger partial charge in [0, 0.05) is 10.5 Å². The quantitative estimate of drug-likeness (QED) is 0.837. The van der Waals surface area contributed by atoms with Gasteiger partial charge in [0.1, 0.15) is 0 Å². The van der Waals surface area contributed by atoms with Crippen molar-refractivity contribution in [1.82, 2.24) is 0 Å². The minimum Gasteiger partial charge on any atom is -0.324 e. The average Bonchev–Trinajstić information content (AvgIpc) is 2.29. The van der Waals surface area contributed by atoms with Crippen molar-refractivity contribution < 1.29 is 13.2 Å². The lowest BCUT2D eigenvalue weighted by atomic mass is 9.87. The molecule has 0 aliphatic rings. The summed E-state index contributed by atoms with van der Waals surface area (Å²) >= 11 is 3.07. The van der Waals surface area contributed by atoms with Crippen LogP contribution in [0.4, 0.5) is 13.2 Å². The van der Waals surface area contributed by atoms with Gasteiger partial charge in [-0.2, -0.15) is 13.2 Å². The topological polar surface area (TPSA) is 26.0 Å². The highest BCUT2D eigenvalue weighted by Gasteiger charge is 2.35. The van der Waals surface area contributed by atoms with Crippen LogP contribution in [0.1, 0.15) is 43.9 Å². The summed E-state index contributed by atoms with van der Waals surface area (Å²) in [6, 6.07) is 3.59. The van der Waals surface area contributed by atoms with Crippen LogP contribution in [0.2, 0.25) is 0 Å². The fourth-order valence-corrected chi connectivity index (χ4v) is 2.48. The second kappa shape index (κ2) is 6.06. The van der Waals surface area contributed by atoms with E-state index in [2.05, 4.69) is 15.9 Å². The number of benzene rings is 1. The Bertz CT molecular complexity index is 400. The molecule has 1 atom stereocenters. The Morgan fingerprint density at radius 3 is 2.22 bits per heavy atom. The molecule has 102 valence electrons. The van der Waals surface area contributed by atoms with E-state index in [-0.39, 0.29) is 11.5 Å². The van der Waals surface area contributed by atoms with E-state index in [1.54, 1.807) is 6.07 Å². The zero-order valence-electron chi connectivity index (χ0n) is 10.4. The van der Waals surface area contributed by atoms with Crippen molar-refractivity contribution in [3.8, 4) is 0 Å². The van der Waals surface area contributed by atoms with E-state index in [1.807, 2.05) is 13.8 Å². The zero-order chi connectivity index (χ0) is 13.9. The van der Waals surface area contributed by atoms with Crippen LogP contribution in [0, 0.1) is 5.92 Å². The largest absolute Gasteiger partial charge is 0.416 e. The van der Waals surface area contributed by atoms with Gasteiger partial charge in [-0.3, -0.25) is 0 Å². The standard InChI is InChI=1S/C13H17BrF3N/c1-3-8(4-2)12(18)10-6-5-9(14)7-11(10)13(15,16)17/h5-8,12H,3-4,18H2,1-2H3. The van der Waals surface area contributed by atoms with Gasteiger partial charge in [0.2, 0.25) is 0 Å². The van der Waals surface area contributed by atoms with Crippen molar-refractivity contribution in [3.63, 3.8) is 0 Å². The maximum Gasteiger partial charge on any atom is 0.416 e. The smallest absolute Gasteiger partial charge is 0.324 e. The van der Waals surface area contributed by atoms with Crippen LogP contribution in [0.5, 0.6) is 0 Å². The van der Waals surface area contributed by atoms with Gasteiger partial charge < -0.3 is 5.73 Å². The van der Waals surface area contributed by atoms with Crippen molar-refractivity contribution in [1.29, 1.82) is 0 Å². The third-order valence-electron chi connectivity index (χ3n) is 3.24. The maximum atomic E-state index is 13.0. The first-order chi connectivity index (χ1) is 8.31. The third-order valence-corrected chi connectivity index (χ3v) is 3.73. The maximum absolute atomic E-state index is 13.0. The van der Waals surface area contributed by atoms with E-state index in [0.717, 1.165) is 18.9 Å². The first-order valence-corrected chi connectivity index (χ1v) is 6.72. The molecule has 0 aliphatic heterocycles. The van der Waals surface area contributed by atoms with Crippen LogP contribution in [0.3, 0.4) is 0 Å². The first-order valence-electron chi connectivity index (χ1n) is 5.93. The summed E-state index contributed by atoms with van der Waals surface area (Å²) < 4.78 is 39.4. The number of hydrogen-bond donors (Lipinski definition) is 1. The molecule has 1 aromatic carbocycles. The average molecular weight is 324 g/mol. The Morgan fingerprint density at radius 2 is 1.78 bits per heavy atom. The minimum atomic E-state index is -4.37. The number of alkyl halides is 3. The predicted octanol–water partition coefficient (Wildman–Crippen LogP) is 4.90. The molecule has 1 unspecified atom stereocenters. The highest BCUT2D eigenvalue weighted by molar-refractivity contribution is 9.10. The highest BCUT2D eigenvalue weighted by Crippen LogP contribution is 2.38. The molecule has 1 aromatic rings. The van der Waals surface area contributed by atoms with Gasteiger partial charge in [0.15, 0.2) is 0 Å². The molecule has 1 rings (SSSR count). The van der Waals surface area contributed by atoms with Gasteiger partial charge in [-0.1, -0.05) is 48.7 Å². The Hall–Kier alpha value is -0.550. The lowest BCUT2D eigenvalue weighted by Gasteiger charge is -2.25. The van der Waals surface area contributed by atoms with Crippen molar-refractivity contribution in [2.24, 2.45) is 11.7 Å². The van der Waals surface area contributed by atoms with Crippen LogP contribution in [-0.4, -0.2) is 0 Å². The number of rotatable bonds is 4. The first kappa shape index (κ1) is 15.5. The third kappa shape index (κ3) is 3.48. The molecule has 0 aliphatic carbocycles. The van der Waals surface area contributed by atoms with E-state index >= 15 is 0 Å². The van der Waals surface area contributed by atoms with E-state index < -0.39 is 17.8 Å². The SMILES string of the molecule is CCC(CC)C(N)c1ccc(Br)cc1C(F)(F)F. The molecule has 1 nitrogen and oxygen atoms in total. The molecule has 0 radical (unpaired) electrons. The van der Waals surface area contributed by atoms with Gasteiger partial charge in [0.05, 0.1) is 5.56 Å². The number of halogens is 4. The summed E-state index contributed by atoms with van der Waals surface area (Å²) in [5.74, 6) is 0.0623. The summed E-state index contributed by atoms with van der Waals surface area (Å²) in [6.45, 7) is 3.89. The van der Waals surface area contributed by atoms with Crippen LogP contribution in [0.15, 0.2) is 22.7 Å². The Morgan fingerprint density at radius 1 is 1.22 bits per heavy atom. The molecule has 0 saturated heterocycles. The van der Waals surface area contributed by atoms with E-state index in [0.29, 0.717) is 4.47 Å². The van der Waals surface area contributed by atoms with Crippen molar-refractivity contribution in [3.05, 3.63) is 33.8 Å². The molecule has 0 amide bonds. The number of nitrogens with two attached hydrogens (primary N) is 1.